The van der Waals surface area contributed by atoms with Crippen molar-refractivity contribution in [2.75, 3.05) is 33.4 Å². The second-order valence-corrected chi connectivity index (χ2v) is 6.51. The van der Waals surface area contributed by atoms with Crippen molar-refractivity contribution in [1.82, 2.24) is 24.6 Å². The molecule has 2 bridgehead atoms. The van der Waals surface area contributed by atoms with Gasteiger partial charge in [0.05, 0.1) is 12.5 Å². The summed E-state index contributed by atoms with van der Waals surface area (Å²) in [4.78, 5) is 32.8. The van der Waals surface area contributed by atoms with Crippen LogP contribution in [0.3, 0.4) is 0 Å². The summed E-state index contributed by atoms with van der Waals surface area (Å²) in [5, 5.41) is 4.04. The monoisotopic (exact) mass is 335 g/mol. The Labute approximate surface area is 141 Å². The number of ether oxygens (including phenoxy) is 1. The van der Waals surface area contributed by atoms with E-state index in [0.29, 0.717) is 39.2 Å². The molecule has 0 spiro atoms. The van der Waals surface area contributed by atoms with Gasteiger partial charge in [0.15, 0.2) is 0 Å². The van der Waals surface area contributed by atoms with Crippen molar-refractivity contribution in [3.8, 4) is 0 Å². The standard InChI is InChI=1S/C16H25N5O3/c1-24-8-7-21-14-5-4-13(16(21)23)9-19(10-14)15(22)3-2-6-20-12-17-11-18-20/h11-14H,2-10H2,1H3/t13-,14+/m1/s1. The molecule has 0 aromatic carbocycles. The van der Waals surface area contributed by atoms with Crippen molar-refractivity contribution in [1.29, 1.82) is 0 Å². The summed E-state index contributed by atoms with van der Waals surface area (Å²) in [7, 11) is 1.64. The molecule has 2 amide bonds. The average Bonchev–Trinajstić information content (AvgIpc) is 2.94. The first kappa shape index (κ1) is 16.9. The van der Waals surface area contributed by atoms with E-state index in [0.717, 1.165) is 19.3 Å². The van der Waals surface area contributed by atoms with E-state index in [1.807, 2.05) is 9.80 Å². The number of piperidine rings is 1. The number of hydrogen-bond acceptors (Lipinski definition) is 5. The second-order valence-electron chi connectivity index (χ2n) is 6.51. The summed E-state index contributed by atoms with van der Waals surface area (Å²) < 4.78 is 6.85. The van der Waals surface area contributed by atoms with Gasteiger partial charge >= 0.3 is 0 Å². The van der Waals surface area contributed by atoms with Crippen LogP contribution in [0.4, 0.5) is 0 Å². The van der Waals surface area contributed by atoms with Crippen molar-refractivity contribution in [2.24, 2.45) is 5.92 Å². The van der Waals surface area contributed by atoms with Crippen LogP contribution in [-0.4, -0.2) is 75.8 Å². The summed E-state index contributed by atoms with van der Waals surface area (Å²) in [6, 6.07) is 0.130. The van der Waals surface area contributed by atoms with Gasteiger partial charge in [0, 0.05) is 45.8 Å². The fraction of sp³-hybridized carbons (Fsp3) is 0.750. The van der Waals surface area contributed by atoms with Crippen molar-refractivity contribution >= 4 is 11.8 Å². The lowest BCUT2D eigenvalue weighted by molar-refractivity contribution is -0.140. The molecule has 0 saturated carbocycles. The van der Waals surface area contributed by atoms with Crippen LogP contribution in [-0.2, 0) is 20.9 Å². The minimum atomic E-state index is -0.0557. The van der Waals surface area contributed by atoms with E-state index in [-0.39, 0.29) is 23.8 Å². The minimum absolute atomic E-state index is 0.0557. The highest BCUT2D eigenvalue weighted by Gasteiger charge is 2.41. The number of carbonyl (C=O) groups excluding carboxylic acids is 2. The van der Waals surface area contributed by atoms with Gasteiger partial charge in [-0.2, -0.15) is 5.10 Å². The number of aromatic nitrogens is 3. The third kappa shape index (κ3) is 3.75. The molecule has 4 heterocycles. The minimum Gasteiger partial charge on any atom is -0.383 e. The quantitative estimate of drug-likeness (QED) is 0.709. The second kappa shape index (κ2) is 7.74. The highest BCUT2D eigenvalue weighted by molar-refractivity contribution is 5.83. The lowest BCUT2D eigenvalue weighted by Crippen LogP contribution is -2.49. The van der Waals surface area contributed by atoms with Gasteiger partial charge in [-0.05, 0) is 19.3 Å². The van der Waals surface area contributed by atoms with Crippen LogP contribution in [0.25, 0.3) is 0 Å². The number of fused-ring (bicyclic) bond motifs is 4. The lowest BCUT2D eigenvalue weighted by Gasteiger charge is -2.35. The molecule has 0 radical (unpaired) electrons. The zero-order chi connectivity index (χ0) is 16.9. The molecular weight excluding hydrogens is 310 g/mol. The predicted molar refractivity (Wildman–Crippen MR) is 85.9 cm³/mol. The maximum absolute atomic E-state index is 12.6. The molecule has 2 atom stereocenters. The van der Waals surface area contributed by atoms with Crippen LogP contribution in [0.2, 0.25) is 0 Å². The molecule has 0 unspecified atom stereocenters. The van der Waals surface area contributed by atoms with E-state index >= 15 is 0 Å². The third-order valence-electron chi connectivity index (χ3n) is 4.93. The van der Waals surface area contributed by atoms with Crippen LogP contribution in [0.1, 0.15) is 25.7 Å². The van der Waals surface area contributed by atoms with Crippen LogP contribution in [0.5, 0.6) is 0 Å². The Hall–Kier alpha value is -1.96. The molecule has 3 aliphatic heterocycles. The molecule has 1 aromatic heterocycles. The number of carbonyl (C=O) groups is 2. The van der Waals surface area contributed by atoms with E-state index in [1.165, 1.54) is 6.33 Å². The molecule has 8 heteroatoms. The van der Waals surface area contributed by atoms with Gasteiger partial charge in [-0.15, -0.1) is 0 Å². The van der Waals surface area contributed by atoms with Gasteiger partial charge < -0.3 is 14.5 Å². The smallest absolute Gasteiger partial charge is 0.227 e. The summed E-state index contributed by atoms with van der Waals surface area (Å²) >= 11 is 0. The Morgan fingerprint density at radius 1 is 1.33 bits per heavy atom. The average molecular weight is 335 g/mol. The van der Waals surface area contributed by atoms with Crippen LogP contribution < -0.4 is 0 Å². The molecule has 1 aromatic rings. The molecule has 8 nitrogen and oxygen atoms in total. The van der Waals surface area contributed by atoms with Gasteiger partial charge in [-0.25, -0.2) is 4.98 Å². The van der Waals surface area contributed by atoms with Crippen molar-refractivity contribution in [3.05, 3.63) is 12.7 Å². The van der Waals surface area contributed by atoms with Crippen molar-refractivity contribution in [3.63, 3.8) is 0 Å². The van der Waals surface area contributed by atoms with E-state index in [4.69, 9.17) is 4.74 Å². The molecular formula is C16H25N5O3. The predicted octanol–water partition coefficient (Wildman–Crippen LogP) is 0.154. The molecule has 4 rings (SSSR count). The number of hydrogen-bond donors (Lipinski definition) is 0. The van der Waals surface area contributed by atoms with Gasteiger partial charge in [-0.3, -0.25) is 14.3 Å². The highest BCUT2D eigenvalue weighted by atomic mass is 16.5. The highest BCUT2D eigenvalue weighted by Crippen LogP contribution is 2.29. The fourth-order valence-corrected chi connectivity index (χ4v) is 3.63. The molecule has 24 heavy (non-hydrogen) atoms. The Balaban J connectivity index is 1.55. The van der Waals surface area contributed by atoms with Gasteiger partial charge in [0.2, 0.25) is 11.8 Å². The molecule has 3 fully saturated rings. The summed E-state index contributed by atoms with van der Waals surface area (Å²) in [5.74, 6) is 0.259. The lowest BCUT2D eigenvalue weighted by atomic mass is 9.94. The zero-order valence-electron chi connectivity index (χ0n) is 14.1. The zero-order valence-corrected chi connectivity index (χ0v) is 14.1. The molecule has 0 N–H and O–H groups in total. The van der Waals surface area contributed by atoms with E-state index in [2.05, 4.69) is 10.1 Å². The van der Waals surface area contributed by atoms with Crippen LogP contribution in [0, 0.1) is 5.92 Å². The largest absolute Gasteiger partial charge is 0.383 e. The van der Waals surface area contributed by atoms with Crippen molar-refractivity contribution in [2.45, 2.75) is 38.3 Å². The molecule has 132 valence electrons. The first-order valence-electron chi connectivity index (χ1n) is 8.58. The normalized spacial score (nSPS) is 23.6. The summed E-state index contributed by atoms with van der Waals surface area (Å²) in [6.07, 6.45) is 6.22. The van der Waals surface area contributed by atoms with E-state index in [9.17, 15) is 9.59 Å². The molecule has 0 aliphatic carbocycles. The van der Waals surface area contributed by atoms with E-state index in [1.54, 1.807) is 18.1 Å². The first-order valence-corrected chi connectivity index (χ1v) is 8.58. The van der Waals surface area contributed by atoms with Crippen LogP contribution in [0.15, 0.2) is 12.7 Å². The van der Waals surface area contributed by atoms with Crippen molar-refractivity contribution < 1.29 is 14.3 Å². The number of rotatable bonds is 7. The molecule has 3 saturated heterocycles. The first-order chi connectivity index (χ1) is 11.7. The number of nitrogens with zero attached hydrogens (tertiary/aromatic N) is 5. The maximum Gasteiger partial charge on any atom is 0.227 e. The van der Waals surface area contributed by atoms with E-state index < -0.39 is 0 Å². The molecule has 3 aliphatic rings. The van der Waals surface area contributed by atoms with Crippen LogP contribution >= 0.6 is 0 Å². The topological polar surface area (TPSA) is 80.6 Å². The SMILES string of the molecule is COCCN1C(=O)[C@@H]2CC[C@H]1CN(C(=O)CCCn1cncn1)C2. The summed E-state index contributed by atoms with van der Waals surface area (Å²) in [6.45, 7) is 3.05. The third-order valence-corrected chi connectivity index (χ3v) is 4.93. The van der Waals surface area contributed by atoms with Gasteiger partial charge in [0.1, 0.15) is 12.7 Å². The van der Waals surface area contributed by atoms with Gasteiger partial charge in [-0.1, -0.05) is 0 Å². The Morgan fingerprint density at radius 3 is 2.96 bits per heavy atom. The Morgan fingerprint density at radius 2 is 2.21 bits per heavy atom. The van der Waals surface area contributed by atoms with Gasteiger partial charge in [0.25, 0.3) is 0 Å². The number of aryl methyl sites for hydroxylation is 1. The summed E-state index contributed by atoms with van der Waals surface area (Å²) in [5.41, 5.74) is 0. The maximum atomic E-state index is 12.6. The Bertz CT molecular complexity index is 562. The number of methoxy groups -OCH3 is 1. The Kier molecular flexibility index (Phi) is 5.44. The number of amides is 2. The fourth-order valence-electron chi connectivity index (χ4n) is 3.63.